The Morgan fingerprint density at radius 2 is 2.38 bits per heavy atom. The monoisotopic (exact) mass is 226 g/mol. The third kappa shape index (κ3) is 2.55. The Hall–Kier alpha value is -0.610. The number of rotatable bonds is 4. The van der Waals surface area contributed by atoms with Gasteiger partial charge >= 0.3 is 0 Å². The third-order valence-corrected chi connectivity index (χ3v) is 3.58. The van der Waals surface area contributed by atoms with Crippen molar-refractivity contribution < 1.29 is 9.53 Å². The van der Waals surface area contributed by atoms with E-state index in [-0.39, 0.29) is 5.92 Å². The highest BCUT2D eigenvalue weighted by Crippen LogP contribution is 2.22. The van der Waals surface area contributed by atoms with Gasteiger partial charge in [0.1, 0.15) is 0 Å². The molecule has 0 aromatic carbocycles. The van der Waals surface area contributed by atoms with Crippen LogP contribution in [0.15, 0.2) is 0 Å². The van der Waals surface area contributed by atoms with Crippen LogP contribution in [0.5, 0.6) is 0 Å². The molecule has 0 unspecified atom stereocenters. The van der Waals surface area contributed by atoms with Gasteiger partial charge in [-0.25, -0.2) is 0 Å². The Bertz CT molecular complexity index is 239. The first-order valence-corrected chi connectivity index (χ1v) is 6.42. The molecule has 2 aliphatic rings. The molecule has 0 spiro atoms. The second kappa shape index (κ2) is 5.64. The molecule has 1 N–H and O–H groups in total. The van der Waals surface area contributed by atoms with E-state index in [9.17, 15) is 4.79 Å². The highest BCUT2D eigenvalue weighted by Gasteiger charge is 2.34. The molecule has 0 bridgehead atoms. The van der Waals surface area contributed by atoms with Crippen molar-refractivity contribution in [1.29, 1.82) is 0 Å². The summed E-state index contributed by atoms with van der Waals surface area (Å²) in [6, 6.07) is 0.327. The quantitative estimate of drug-likeness (QED) is 0.764. The number of likely N-dealkylation sites (tertiary alicyclic amines) is 1. The third-order valence-electron chi connectivity index (χ3n) is 3.58. The van der Waals surface area contributed by atoms with Gasteiger partial charge in [-0.2, -0.15) is 0 Å². The average molecular weight is 226 g/mol. The van der Waals surface area contributed by atoms with E-state index in [2.05, 4.69) is 5.32 Å². The van der Waals surface area contributed by atoms with Crippen LogP contribution < -0.4 is 5.32 Å². The second-order valence-electron chi connectivity index (χ2n) is 4.68. The lowest BCUT2D eigenvalue weighted by molar-refractivity contribution is -0.136. The predicted molar refractivity (Wildman–Crippen MR) is 62.2 cm³/mol. The van der Waals surface area contributed by atoms with Crippen LogP contribution in [0.3, 0.4) is 0 Å². The molecule has 0 aromatic heterocycles. The van der Waals surface area contributed by atoms with Crippen LogP contribution in [0.2, 0.25) is 0 Å². The van der Waals surface area contributed by atoms with Gasteiger partial charge in [0.2, 0.25) is 5.91 Å². The van der Waals surface area contributed by atoms with Crippen LogP contribution in [0.1, 0.15) is 26.2 Å². The summed E-state index contributed by atoms with van der Waals surface area (Å²) in [4.78, 5) is 14.3. The summed E-state index contributed by atoms with van der Waals surface area (Å²) in [6.07, 6.45) is 3.23. The van der Waals surface area contributed by atoms with E-state index in [0.29, 0.717) is 18.6 Å². The number of amides is 1. The normalized spacial score (nSPS) is 29.9. The Balaban J connectivity index is 1.88. The van der Waals surface area contributed by atoms with Gasteiger partial charge in [-0.3, -0.25) is 4.79 Å². The molecule has 2 rings (SSSR count). The summed E-state index contributed by atoms with van der Waals surface area (Å²) < 4.78 is 5.45. The number of nitrogens with one attached hydrogen (secondary N) is 1. The molecular formula is C12H22N2O2. The van der Waals surface area contributed by atoms with E-state index >= 15 is 0 Å². The summed E-state index contributed by atoms with van der Waals surface area (Å²) in [5.41, 5.74) is 0. The second-order valence-corrected chi connectivity index (χ2v) is 4.68. The molecule has 0 saturated carbocycles. The van der Waals surface area contributed by atoms with Crippen molar-refractivity contribution in [2.45, 2.75) is 32.2 Å². The summed E-state index contributed by atoms with van der Waals surface area (Å²) in [6.45, 7) is 6.22. The first-order chi connectivity index (χ1) is 7.83. The van der Waals surface area contributed by atoms with Crippen LogP contribution in [-0.2, 0) is 9.53 Å². The number of carbonyl (C=O) groups excluding carboxylic acids is 1. The van der Waals surface area contributed by atoms with Crippen LogP contribution in [0.4, 0.5) is 0 Å². The molecule has 2 atom stereocenters. The first kappa shape index (κ1) is 11.9. The maximum atomic E-state index is 12.3. The largest absolute Gasteiger partial charge is 0.380 e. The highest BCUT2D eigenvalue weighted by molar-refractivity contribution is 5.80. The minimum atomic E-state index is 0.210. The Labute approximate surface area is 97.3 Å². The Kier molecular flexibility index (Phi) is 4.18. The number of nitrogens with zero attached hydrogens (tertiary/aromatic N) is 1. The van der Waals surface area contributed by atoms with Crippen molar-refractivity contribution in [3.05, 3.63) is 0 Å². The lowest BCUT2D eigenvalue weighted by Crippen LogP contribution is -2.42. The standard InChI is InChI=1S/C12H22N2O2/c1-2-16-9-11-4-3-7-14(11)12(15)10-5-6-13-8-10/h10-11,13H,2-9H2,1H3/t10-,11+/m1/s1. The lowest BCUT2D eigenvalue weighted by Gasteiger charge is -2.26. The molecular weight excluding hydrogens is 204 g/mol. The van der Waals surface area contributed by atoms with Crippen LogP contribution in [0.25, 0.3) is 0 Å². The SMILES string of the molecule is CCOC[C@@H]1CCCN1C(=O)[C@@H]1CCNC1. The maximum absolute atomic E-state index is 12.3. The maximum Gasteiger partial charge on any atom is 0.227 e. The molecule has 0 radical (unpaired) electrons. The number of hydrogen-bond donors (Lipinski definition) is 1. The topological polar surface area (TPSA) is 41.6 Å². The van der Waals surface area contributed by atoms with E-state index in [1.54, 1.807) is 0 Å². The van der Waals surface area contributed by atoms with Gasteiger partial charge in [0.15, 0.2) is 0 Å². The molecule has 16 heavy (non-hydrogen) atoms. The summed E-state index contributed by atoms with van der Waals surface area (Å²) in [5, 5.41) is 3.26. The van der Waals surface area contributed by atoms with Crippen molar-refractivity contribution >= 4 is 5.91 Å². The Morgan fingerprint density at radius 1 is 1.50 bits per heavy atom. The van der Waals surface area contributed by atoms with Gasteiger partial charge in [-0.15, -0.1) is 0 Å². The molecule has 0 aromatic rings. The fourth-order valence-electron chi connectivity index (χ4n) is 2.65. The van der Waals surface area contributed by atoms with Gasteiger partial charge in [-0.1, -0.05) is 0 Å². The smallest absolute Gasteiger partial charge is 0.227 e. The molecule has 0 aliphatic carbocycles. The molecule has 1 amide bonds. The summed E-state index contributed by atoms with van der Waals surface area (Å²) >= 11 is 0. The zero-order valence-electron chi connectivity index (χ0n) is 10.1. The van der Waals surface area contributed by atoms with E-state index in [0.717, 1.165) is 45.5 Å². The summed E-state index contributed by atoms with van der Waals surface area (Å²) in [7, 11) is 0. The molecule has 4 nitrogen and oxygen atoms in total. The highest BCUT2D eigenvalue weighted by atomic mass is 16.5. The fraction of sp³-hybridized carbons (Fsp3) is 0.917. The van der Waals surface area contributed by atoms with Gasteiger partial charge in [0, 0.05) is 19.7 Å². The molecule has 2 fully saturated rings. The van der Waals surface area contributed by atoms with Crippen molar-refractivity contribution in [1.82, 2.24) is 10.2 Å². The number of carbonyl (C=O) groups is 1. The lowest BCUT2D eigenvalue weighted by atomic mass is 10.1. The minimum Gasteiger partial charge on any atom is -0.380 e. The first-order valence-electron chi connectivity index (χ1n) is 6.42. The van der Waals surface area contributed by atoms with E-state index in [1.807, 2.05) is 11.8 Å². The Morgan fingerprint density at radius 3 is 3.06 bits per heavy atom. The van der Waals surface area contributed by atoms with Crippen molar-refractivity contribution in [3.63, 3.8) is 0 Å². The van der Waals surface area contributed by atoms with E-state index in [1.165, 1.54) is 0 Å². The molecule has 4 heteroatoms. The number of hydrogen-bond acceptors (Lipinski definition) is 3. The minimum absolute atomic E-state index is 0.210. The van der Waals surface area contributed by atoms with E-state index < -0.39 is 0 Å². The molecule has 92 valence electrons. The molecule has 2 aliphatic heterocycles. The number of ether oxygens (including phenoxy) is 1. The van der Waals surface area contributed by atoms with Gasteiger partial charge in [0.25, 0.3) is 0 Å². The summed E-state index contributed by atoms with van der Waals surface area (Å²) in [5.74, 6) is 0.550. The predicted octanol–water partition coefficient (Wildman–Crippen LogP) is 0.623. The molecule has 2 saturated heterocycles. The van der Waals surface area contributed by atoms with Gasteiger partial charge in [0.05, 0.1) is 18.6 Å². The van der Waals surface area contributed by atoms with Crippen molar-refractivity contribution in [2.24, 2.45) is 5.92 Å². The van der Waals surface area contributed by atoms with Crippen LogP contribution in [0, 0.1) is 5.92 Å². The zero-order chi connectivity index (χ0) is 11.4. The van der Waals surface area contributed by atoms with Crippen molar-refractivity contribution in [2.75, 3.05) is 32.8 Å². The van der Waals surface area contributed by atoms with Crippen molar-refractivity contribution in [3.8, 4) is 0 Å². The zero-order valence-corrected chi connectivity index (χ0v) is 10.1. The fourth-order valence-corrected chi connectivity index (χ4v) is 2.65. The van der Waals surface area contributed by atoms with Gasteiger partial charge in [-0.05, 0) is 32.7 Å². The van der Waals surface area contributed by atoms with Gasteiger partial charge < -0.3 is 15.0 Å². The average Bonchev–Trinajstić information content (AvgIpc) is 2.96. The van der Waals surface area contributed by atoms with E-state index in [4.69, 9.17) is 4.74 Å². The molecule has 2 heterocycles. The van der Waals surface area contributed by atoms with Crippen LogP contribution >= 0.6 is 0 Å². The van der Waals surface area contributed by atoms with Crippen LogP contribution in [-0.4, -0.2) is 49.7 Å².